The van der Waals surface area contributed by atoms with Crippen LogP contribution in [0.5, 0.6) is 5.75 Å². The Kier molecular flexibility index (Phi) is 2.74. The van der Waals surface area contributed by atoms with Crippen molar-refractivity contribution in [3.63, 3.8) is 0 Å². The van der Waals surface area contributed by atoms with Crippen molar-refractivity contribution in [3.05, 3.63) is 41.7 Å². The normalized spacial score (nSPS) is 10.1. The van der Waals surface area contributed by atoms with E-state index < -0.39 is 0 Å². The van der Waals surface area contributed by atoms with Gasteiger partial charge in [-0.3, -0.25) is 0 Å². The van der Waals surface area contributed by atoms with Crippen molar-refractivity contribution in [2.45, 2.75) is 6.42 Å². The summed E-state index contributed by atoms with van der Waals surface area (Å²) in [5.41, 5.74) is 0.808. The zero-order valence-electron chi connectivity index (χ0n) is 8.83. The Morgan fingerprint density at radius 3 is 2.81 bits per heavy atom. The Hall–Kier alpha value is -2.08. The van der Waals surface area contributed by atoms with Crippen molar-refractivity contribution in [1.82, 2.24) is 0 Å². The zero-order chi connectivity index (χ0) is 11.5. The van der Waals surface area contributed by atoms with Crippen molar-refractivity contribution >= 4 is 10.8 Å². The Labute approximate surface area is 92.9 Å². The number of halogens is 1. The fourth-order valence-electron chi connectivity index (χ4n) is 1.80. The SMILES string of the molecule is COc1ccc2cc(F)ccc2c1CC#N. The van der Waals surface area contributed by atoms with Crippen molar-refractivity contribution in [3.8, 4) is 11.8 Å². The zero-order valence-corrected chi connectivity index (χ0v) is 8.83. The molecule has 2 aromatic rings. The summed E-state index contributed by atoms with van der Waals surface area (Å²) in [5.74, 6) is 0.390. The van der Waals surface area contributed by atoms with Crippen LogP contribution in [0.15, 0.2) is 30.3 Å². The van der Waals surface area contributed by atoms with Gasteiger partial charge in [-0.2, -0.15) is 5.26 Å². The van der Waals surface area contributed by atoms with Crippen molar-refractivity contribution in [2.24, 2.45) is 0 Å². The van der Waals surface area contributed by atoms with Gasteiger partial charge in [-0.15, -0.1) is 0 Å². The molecule has 0 saturated carbocycles. The van der Waals surface area contributed by atoms with Gasteiger partial charge in [0.2, 0.25) is 0 Å². The molecule has 0 aromatic heterocycles. The maximum absolute atomic E-state index is 13.0. The van der Waals surface area contributed by atoms with E-state index in [0.717, 1.165) is 16.3 Å². The summed E-state index contributed by atoms with van der Waals surface area (Å²) in [6.45, 7) is 0. The highest BCUT2D eigenvalue weighted by Crippen LogP contribution is 2.28. The lowest BCUT2D eigenvalue weighted by atomic mass is 10.0. The van der Waals surface area contributed by atoms with Crippen molar-refractivity contribution in [1.29, 1.82) is 5.26 Å². The summed E-state index contributed by atoms with van der Waals surface area (Å²) in [5, 5.41) is 10.4. The number of fused-ring (bicyclic) bond motifs is 1. The summed E-state index contributed by atoms with van der Waals surface area (Å²) in [6, 6.07) is 10.2. The van der Waals surface area contributed by atoms with Crippen LogP contribution in [0.4, 0.5) is 4.39 Å². The summed E-state index contributed by atoms with van der Waals surface area (Å²) in [4.78, 5) is 0. The third-order valence-electron chi connectivity index (χ3n) is 2.53. The van der Waals surface area contributed by atoms with Crippen molar-refractivity contribution in [2.75, 3.05) is 7.11 Å². The summed E-state index contributed by atoms with van der Waals surface area (Å²) < 4.78 is 18.2. The number of ether oxygens (including phenoxy) is 1. The predicted octanol–water partition coefficient (Wildman–Crippen LogP) is 3.05. The number of hydrogen-bond donors (Lipinski definition) is 0. The molecule has 0 atom stereocenters. The number of rotatable bonds is 2. The molecular formula is C13H10FNO. The quantitative estimate of drug-likeness (QED) is 0.771. The van der Waals surface area contributed by atoms with E-state index in [2.05, 4.69) is 6.07 Å². The van der Waals surface area contributed by atoms with E-state index in [1.165, 1.54) is 12.1 Å². The number of hydrogen-bond acceptors (Lipinski definition) is 2. The second-order valence-electron chi connectivity index (χ2n) is 3.45. The predicted molar refractivity (Wildman–Crippen MR) is 59.8 cm³/mol. The molecular weight excluding hydrogens is 205 g/mol. The molecule has 0 spiro atoms. The number of nitriles is 1. The summed E-state index contributed by atoms with van der Waals surface area (Å²) >= 11 is 0. The minimum Gasteiger partial charge on any atom is -0.496 e. The first-order valence-electron chi connectivity index (χ1n) is 4.88. The molecule has 0 aliphatic heterocycles. The van der Waals surface area contributed by atoms with Gasteiger partial charge in [0, 0.05) is 5.56 Å². The summed E-state index contributed by atoms with van der Waals surface area (Å²) in [7, 11) is 1.56. The van der Waals surface area contributed by atoms with Crippen LogP contribution in [0.2, 0.25) is 0 Å². The van der Waals surface area contributed by atoms with Gasteiger partial charge in [0.05, 0.1) is 19.6 Å². The Balaban J connectivity index is 2.74. The number of benzene rings is 2. The molecule has 2 rings (SSSR count). The van der Waals surface area contributed by atoms with Crippen LogP contribution in [0.25, 0.3) is 10.8 Å². The Morgan fingerprint density at radius 1 is 1.31 bits per heavy atom. The molecule has 2 aromatic carbocycles. The van der Waals surface area contributed by atoms with Gasteiger partial charge in [0.25, 0.3) is 0 Å². The van der Waals surface area contributed by atoms with E-state index in [1.54, 1.807) is 25.3 Å². The topological polar surface area (TPSA) is 33.0 Å². The standard InChI is InChI=1S/C13H10FNO/c1-16-13-5-2-9-8-10(14)3-4-11(9)12(13)6-7-15/h2-5,8H,6H2,1H3. The maximum atomic E-state index is 13.0. The van der Waals surface area contributed by atoms with Gasteiger partial charge in [0.1, 0.15) is 11.6 Å². The van der Waals surface area contributed by atoms with E-state index in [4.69, 9.17) is 10.00 Å². The largest absolute Gasteiger partial charge is 0.496 e. The molecule has 16 heavy (non-hydrogen) atoms. The van der Waals surface area contributed by atoms with Crippen LogP contribution in [0.1, 0.15) is 5.56 Å². The van der Waals surface area contributed by atoms with Crippen LogP contribution in [-0.4, -0.2) is 7.11 Å². The maximum Gasteiger partial charge on any atom is 0.123 e. The van der Waals surface area contributed by atoms with E-state index in [9.17, 15) is 4.39 Å². The molecule has 0 bridgehead atoms. The molecule has 0 radical (unpaired) electrons. The molecule has 0 unspecified atom stereocenters. The molecule has 2 nitrogen and oxygen atoms in total. The fourth-order valence-corrected chi connectivity index (χ4v) is 1.80. The monoisotopic (exact) mass is 215 g/mol. The van der Waals surface area contributed by atoms with Gasteiger partial charge in [-0.25, -0.2) is 4.39 Å². The molecule has 0 aliphatic carbocycles. The van der Waals surface area contributed by atoms with E-state index in [-0.39, 0.29) is 12.2 Å². The minimum atomic E-state index is -0.277. The van der Waals surface area contributed by atoms with Crippen LogP contribution in [0.3, 0.4) is 0 Å². The first-order chi connectivity index (χ1) is 7.76. The van der Waals surface area contributed by atoms with Crippen LogP contribution in [0, 0.1) is 17.1 Å². The van der Waals surface area contributed by atoms with E-state index >= 15 is 0 Å². The molecule has 0 saturated heterocycles. The van der Waals surface area contributed by atoms with E-state index in [1.807, 2.05) is 0 Å². The lowest BCUT2D eigenvalue weighted by molar-refractivity contribution is 0.411. The average molecular weight is 215 g/mol. The molecule has 0 N–H and O–H groups in total. The number of nitrogens with zero attached hydrogens (tertiary/aromatic N) is 1. The molecule has 0 heterocycles. The molecule has 0 amide bonds. The lowest BCUT2D eigenvalue weighted by Crippen LogP contribution is -1.93. The highest BCUT2D eigenvalue weighted by Gasteiger charge is 2.08. The van der Waals surface area contributed by atoms with Gasteiger partial charge in [-0.05, 0) is 29.0 Å². The summed E-state index contributed by atoms with van der Waals surface area (Å²) in [6.07, 6.45) is 0.256. The molecule has 0 aliphatic rings. The third-order valence-corrected chi connectivity index (χ3v) is 2.53. The van der Waals surface area contributed by atoms with Gasteiger partial charge < -0.3 is 4.74 Å². The van der Waals surface area contributed by atoms with Crippen LogP contribution >= 0.6 is 0 Å². The molecule has 0 fully saturated rings. The minimum absolute atomic E-state index is 0.256. The second kappa shape index (κ2) is 4.19. The van der Waals surface area contributed by atoms with Crippen LogP contribution in [-0.2, 0) is 6.42 Å². The molecule has 80 valence electrons. The fraction of sp³-hybridized carbons (Fsp3) is 0.154. The first kappa shape index (κ1) is 10.4. The average Bonchev–Trinajstić information content (AvgIpc) is 2.29. The highest BCUT2D eigenvalue weighted by atomic mass is 19.1. The van der Waals surface area contributed by atoms with Crippen molar-refractivity contribution < 1.29 is 9.13 Å². The van der Waals surface area contributed by atoms with Gasteiger partial charge in [0.15, 0.2) is 0 Å². The van der Waals surface area contributed by atoms with Gasteiger partial charge in [-0.1, -0.05) is 12.1 Å². The number of methoxy groups -OCH3 is 1. The first-order valence-corrected chi connectivity index (χ1v) is 4.88. The third kappa shape index (κ3) is 1.70. The highest BCUT2D eigenvalue weighted by molar-refractivity contribution is 5.88. The van der Waals surface area contributed by atoms with E-state index in [0.29, 0.717) is 5.75 Å². The molecule has 3 heteroatoms. The van der Waals surface area contributed by atoms with Crippen LogP contribution < -0.4 is 4.74 Å². The second-order valence-corrected chi connectivity index (χ2v) is 3.45. The Morgan fingerprint density at radius 2 is 2.12 bits per heavy atom. The smallest absolute Gasteiger partial charge is 0.123 e. The lowest BCUT2D eigenvalue weighted by Gasteiger charge is -2.09. The van der Waals surface area contributed by atoms with Gasteiger partial charge >= 0.3 is 0 Å². The Bertz CT molecular complexity index is 572.